The topological polar surface area (TPSA) is 77.7 Å². The lowest BCUT2D eigenvalue weighted by Gasteiger charge is -2.30. The van der Waals surface area contributed by atoms with Gasteiger partial charge in [-0.25, -0.2) is 4.39 Å². The Balaban J connectivity index is 1.50. The summed E-state index contributed by atoms with van der Waals surface area (Å²) in [7, 11) is 0. The van der Waals surface area contributed by atoms with E-state index >= 15 is 0 Å². The van der Waals surface area contributed by atoms with Crippen molar-refractivity contribution in [3.63, 3.8) is 0 Å². The van der Waals surface area contributed by atoms with Gasteiger partial charge in [-0.15, -0.1) is 0 Å². The summed E-state index contributed by atoms with van der Waals surface area (Å²) < 4.78 is 28.7. The van der Waals surface area contributed by atoms with Crippen LogP contribution in [0.4, 0.5) is 4.39 Å². The molecule has 0 saturated carbocycles. The van der Waals surface area contributed by atoms with Crippen molar-refractivity contribution in [3.8, 4) is 5.75 Å². The number of aromatic nitrogens is 2. The molecule has 1 saturated heterocycles. The average molecular weight is 363 g/mol. The van der Waals surface area contributed by atoms with Crippen molar-refractivity contribution in [1.82, 2.24) is 15.0 Å². The fraction of sp³-hybridized carbons (Fsp3) is 0.500. The van der Waals surface area contributed by atoms with Crippen LogP contribution in [0.3, 0.4) is 0 Å². The molecule has 0 spiro atoms. The second-order valence-corrected chi connectivity index (χ2v) is 6.17. The Labute approximate surface area is 151 Å². The zero-order chi connectivity index (χ0) is 18.4. The van der Waals surface area contributed by atoms with Crippen molar-refractivity contribution in [2.24, 2.45) is 5.92 Å². The monoisotopic (exact) mass is 363 g/mol. The number of likely N-dealkylation sites (tertiary alicyclic amines) is 1. The Kier molecular flexibility index (Phi) is 6.17. The summed E-state index contributed by atoms with van der Waals surface area (Å²) in [6.07, 6.45) is 1.77. The van der Waals surface area contributed by atoms with Gasteiger partial charge < -0.3 is 14.0 Å². The summed E-state index contributed by atoms with van der Waals surface area (Å²) in [6.45, 7) is 4.34. The van der Waals surface area contributed by atoms with Gasteiger partial charge in [0.2, 0.25) is 11.7 Å². The summed E-state index contributed by atoms with van der Waals surface area (Å²) in [5.41, 5.74) is 0. The van der Waals surface area contributed by atoms with Gasteiger partial charge in [-0.1, -0.05) is 5.16 Å². The van der Waals surface area contributed by atoms with E-state index in [1.54, 1.807) is 12.1 Å². The number of piperidine rings is 1. The lowest BCUT2D eigenvalue weighted by Crippen LogP contribution is -2.39. The Morgan fingerprint density at radius 2 is 2.19 bits per heavy atom. The molecule has 0 aliphatic carbocycles. The van der Waals surface area contributed by atoms with Crippen molar-refractivity contribution in [3.05, 3.63) is 41.8 Å². The highest BCUT2D eigenvalue weighted by Crippen LogP contribution is 2.19. The molecule has 1 atom stereocenters. The maximum atomic E-state index is 12.9. The molecule has 2 heterocycles. The van der Waals surface area contributed by atoms with E-state index < -0.39 is 0 Å². The molecule has 0 radical (unpaired) electrons. The molecule has 3 rings (SSSR count). The van der Waals surface area contributed by atoms with Gasteiger partial charge in [0.25, 0.3) is 0 Å². The number of rotatable bonds is 7. The van der Waals surface area contributed by atoms with Gasteiger partial charge in [-0.2, -0.15) is 4.98 Å². The van der Waals surface area contributed by atoms with Crippen molar-refractivity contribution in [1.29, 1.82) is 0 Å². The minimum Gasteiger partial charge on any atom is -0.485 e. The first-order valence-corrected chi connectivity index (χ1v) is 8.73. The smallest absolute Gasteiger partial charge is 0.310 e. The minimum absolute atomic E-state index is 0.104. The van der Waals surface area contributed by atoms with Crippen LogP contribution in [-0.2, 0) is 22.7 Å². The second-order valence-electron chi connectivity index (χ2n) is 6.17. The third-order valence-corrected chi connectivity index (χ3v) is 4.18. The highest BCUT2D eigenvalue weighted by molar-refractivity contribution is 5.72. The van der Waals surface area contributed by atoms with Crippen LogP contribution in [0.25, 0.3) is 0 Å². The lowest BCUT2D eigenvalue weighted by atomic mass is 9.98. The number of halogens is 1. The van der Waals surface area contributed by atoms with Crippen molar-refractivity contribution in [2.75, 3.05) is 19.7 Å². The number of benzene rings is 1. The molecule has 0 bridgehead atoms. The van der Waals surface area contributed by atoms with E-state index in [9.17, 15) is 9.18 Å². The van der Waals surface area contributed by atoms with E-state index in [-0.39, 0.29) is 24.3 Å². The molecule has 1 fully saturated rings. The van der Waals surface area contributed by atoms with Crippen molar-refractivity contribution < 1.29 is 23.2 Å². The first-order valence-electron chi connectivity index (χ1n) is 8.73. The van der Waals surface area contributed by atoms with Gasteiger partial charge in [0.1, 0.15) is 11.6 Å². The maximum absolute atomic E-state index is 12.9. The summed E-state index contributed by atoms with van der Waals surface area (Å²) in [6, 6.07) is 5.74. The number of carbonyl (C=O) groups excluding carboxylic acids is 1. The number of esters is 1. The third-order valence-electron chi connectivity index (χ3n) is 4.18. The highest BCUT2D eigenvalue weighted by Gasteiger charge is 2.27. The highest BCUT2D eigenvalue weighted by atomic mass is 19.1. The van der Waals surface area contributed by atoms with Gasteiger partial charge in [-0.3, -0.25) is 9.69 Å². The molecule has 2 aromatic rings. The fourth-order valence-corrected chi connectivity index (χ4v) is 2.93. The van der Waals surface area contributed by atoms with Gasteiger partial charge >= 0.3 is 5.97 Å². The molecule has 0 amide bonds. The van der Waals surface area contributed by atoms with E-state index in [1.807, 2.05) is 6.92 Å². The molecular formula is C18H22FN3O4. The van der Waals surface area contributed by atoms with Crippen LogP contribution < -0.4 is 4.74 Å². The Morgan fingerprint density at radius 3 is 2.96 bits per heavy atom. The van der Waals surface area contributed by atoms with Crippen LogP contribution in [-0.4, -0.2) is 40.7 Å². The Morgan fingerprint density at radius 1 is 1.38 bits per heavy atom. The molecule has 140 valence electrons. The van der Waals surface area contributed by atoms with Crippen molar-refractivity contribution >= 4 is 5.97 Å². The number of carbonyl (C=O) groups is 1. The molecule has 1 aromatic heterocycles. The molecule has 1 aliphatic heterocycles. The van der Waals surface area contributed by atoms with E-state index in [0.717, 1.165) is 19.4 Å². The molecule has 26 heavy (non-hydrogen) atoms. The van der Waals surface area contributed by atoms with Crippen LogP contribution in [0.1, 0.15) is 31.5 Å². The van der Waals surface area contributed by atoms with Gasteiger partial charge in [0, 0.05) is 6.54 Å². The molecule has 7 nitrogen and oxygen atoms in total. The summed E-state index contributed by atoms with van der Waals surface area (Å²) in [5.74, 6) is 0.868. The first kappa shape index (κ1) is 18.3. The SMILES string of the molecule is CCOC(=O)[C@@H]1CCCN(Cc2nc(COc3ccc(F)cc3)no2)C1. The maximum Gasteiger partial charge on any atom is 0.310 e. The van der Waals surface area contributed by atoms with E-state index in [2.05, 4.69) is 15.0 Å². The normalized spacial score (nSPS) is 17.8. The molecule has 1 aliphatic rings. The molecule has 1 aromatic carbocycles. The molecule has 0 N–H and O–H groups in total. The van der Waals surface area contributed by atoms with Crippen LogP contribution in [0.2, 0.25) is 0 Å². The van der Waals surface area contributed by atoms with Crippen LogP contribution in [0.5, 0.6) is 5.75 Å². The standard InChI is InChI=1S/C18H22FN3O4/c1-2-24-18(23)13-4-3-9-22(10-13)11-17-20-16(21-26-17)12-25-15-7-5-14(19)6-8-15/h5-8,13H,2-4,9-12H2,1H3/t13-/m1/s1. The summed E-state index contributed by atoms with van der Waals surface area (Å²) in [5, 5.41) is 3.89. The van der Waals surface area contributed by atoms with E-state index in [1.165, 1.54) is 12.1 Å². The predicted octanol–water partition coefficient (Wildman–Crippen LogP) is 2.56. The third kappa shape index (κ3) is 5.01. The Hall–Kier alpha value is -2.48. The van der Waals surface area contributed by atoms with E-state index in [4.69, 9.17) is 14.0 Å². The number of ether oxygens (including phenoxy) is 2. The zero-order valence-electron chi connectivity index (χ0n) is 14.7. The number of hydrogen-bond donors (Lipinski definition) is 0. The van der Waals surface area contributed by atoms with Gasteiger partial charge in [-0.05, 0) is 50.6 Å². The number of hydrogen-bond acceptors (Lipinski definition) is 7. The number of nitrogens with zero attached hydrogens (tertiary/aromatic N) is 3. The largest absolute Gasteiger partial charge is 0.485 e. The summed E-state index contributed by atoms with van der Waals surface area (Å²) >= 11 is 0. The molecule has 8 heteroatoms. The second kappa shape index (κ2) is 8.75. The molecular weight excluding hydrogens is 341 g/mol. The van der Waals surface area contributed by atoms with Crippen LogP contribution >= 0.6 is 0 Å². The van der Waals surface area contributed by atoms with Gasteiger partial charge in [0.05, 0.1) is 19.1 Å². The summed E-state index contributed by atoms with van der Waals surface area (Å²) in [4.78, 5) is 18.3. The average Bonchev–Trinajstić information content (AvgIpc) is 3.09. The van der Waals surface area contributed by atoms with Gasteiger partial charge in [0.15, 0.2) is 6.61 Å². The predicted molar refractivity (Wildman–Crippen MR) is 89.7 cm³/mol. The van der Waals surface area contributed by atoms with E-state index in [0.29, 0.717) is 37.2 Å². The quantitative estimate of drug-likeness (QED) is 0.700. The molecule has 0 unspecified atom stereocenters. The van der Waals surface area contributed by atoms with Crippen molar-refractivity contribution in [2.45, 2.75) is 32.9 Å². The lowest BCUT2D eigenvalue weighted by molar-refractivity contribution is -0.150. The minimum atomic E-state index is -0.318. The first-order chi connectivity index (χ1) is 12.6. The Bertz CT molecular complexity index is 719. The van der Waals surface area contributed by atoms with Crippen LogP contribution in [0.15, 0.2) is 28.8 Å². The fourth-order valence-electron chi connectivity index (χ4n) is 2.93. The van der Waals surface area contributed by atoms with Crippen LogP contribution in [0, 0.1) is 11.7 Å². The zero-order valence-corrected chi connectivity index (χ0v) is 14.7.